The van der Waals surface area contributed by atoms with Crippen LogP contribution in [0.3, 0.4) is 0 Å². The standard InChI is InChI=1S/C80H81F8N15O9/c1-48-2-5-58(94-76(104)51-8-13-89-65(32-51)75(81)82)42-61(48)55-36-69(98-72(39-55)101-17-26-107-27-18-101)92-16-25-111-47-54-4-7-60(96-78(106)53-10-15-91-68(35-53)80(86,87)88)44-63(54)57-38-71(100-74(41-57)103-21-30-109-31-22-103)97-64-12-24-112-66(64)33-50-3-6-59(95-77(105)52-9-14-90-67(34-52)79(83,84)85)43-62(50)56-37-70(93-45-49-11-23-110-46-49)99-73(40-56)102-19-28-108-29-20-102/h2-10,13-15,32,34-44,49,64,66,75H,11-12,16-31,33,45-47H2,1H3,(H,92,98)(H,93,99)(H,94,104)(H,95,105)(H,96,106)(H,97,100). The molecular weight excluding hydrogens is 1470 g/mol. The van der Waals surface area contributed by atoms with Crippen LogP contribution in [0.5, 0.6) is 0 Å². The fraction of sp³-hybridized carbons (Fsp3) is 0.362. The Kier molecular flexibility index (Phi) is 24.4. The summed E-state index contributed by atoms with van der Waals surface area (Å²) in [7, 11) is 0. The summed E-state index contributed by atoms with van der Waals surface area (Å²) in [4.78, 5) is 73.4. The van der Waals surface area contributed by atoms with Gasteiger partial charge in [0.2, 0.25) is 0 Å². The van der Waals surface area contributed by atoms with E-state index < -0.39 is 59.7 Å². The van der Waals surface area contributed by atoms with Gasteiger partial charge in [-0.3, -0.25) is 29.3 Å². The number of hydrogen-bond donors (Lipinski definition) is 6. The van der Waals surface area contributed by atoms with Crippen LogP contribution < -0.4 is 46.6 Å². The summed E-state index contributed by atoms with van der Waals surface area (Å²) in [6.45, 7) is 10.7. The lowest BCUT2D eigenvalue weighted by Gasteiger charge is -2.29. The summed E-state index contributed by atoms with van der Waals surface area (Å²) >= 11 is 0. The van der Waals surface area contributed by atoms with Crippen LogP contribution in [0.1, 0.15) is 84.1 Å². The molecule has 6 aromatic heterocycles. The number of aromatic nitrogens is 6. The van der Waals surface area contributed by atoms with Gasteiger partial charge in [-0.25, -0.2) is 23.7 Å². The topological polar surface area (TPSA) is 266 Å². The van der Waals surface area contributed by atoms with E-state index in [0.29, 0.717) is 199 Å². The highest BCUT2D eigenvalue weighted by Crippen LogP contribution is 2.39. The number of ether oxygens (including phenoxy) is 6. The van der Waals surface area contributed by atoms with Crippen LogP contribution in [-0.2, 0) is 53.8 Å². The molecule has 112 heavy (non-hydrogen) atoms. The monoisotopic (exact) mass is 1550 g/mol. The van der Waals surface area contributed by atoms with E-state index >= 15 is 0 Å². The zero-order valence-electron chi connectivity index (χ0n) is 60.9. The Bertz CT molecular complexity index is 4850. The molecule has 0 bridgehead atoms. The SMILES string of the molecule is Cc1ccc(NC(=O)c2ccnc(C(F)F)c2)cc1-c1cc(NCCOCc2ccc(NC(=O)c3ccnc(C(F)(F)F)c3)cc2-c2cc(NC3CCOC3Cc3ccc(NC(=O)c4ccnc(C(F)(F)F)c4)cc3-c3cc(NCC4CCOC4)nc(N4CCOCC4)c3)nc(N3CCOCC3)c2)nc(N2CCOCC2)c1. The fourth-order valence-electron chi connectivity index (χ4n) is 13.9. The van der Waals surface area contributed by atoms with Gasteiger partial charge in [0.05, 0.1) is 71.6 Å². The maximum atomic E-state index is 13.9. The first-order valence-corrected chi connectivity index (χ1v) is 36.8. The smallest absolute Gasteiger partial charge is 0.381 e. The molecule has 586 valence electrons. The van der Waals surface area contributed by atoms with Crippen LogP contribution in [0.25, 0.3) is 33.4 Å². The van der Waals surface area contributed by atoms with E-state index in [1.54, 1.807) is 36.4 Å². The molecule has 3 amide bonds. The third kappa shape index (κ3) is 19.6. The average Bonchev–Trinajstić information content (AvgIpc) is 1.21. The molecule has 0 saturated carbocycles. The normalized spacial score (nSPS) is 17.5. The van der Waals surface area contributed by atoms with Crippen molar-refractivity contribution in [3.8, 4) is 33.4 Å². The minimum atomic E-state index is -4.81. The summed E-state index contributed by atoms with van der Waals surface area (Å²) in [5.74, 6) is 1.62. The first kappa shape index (κ1) is 77.7. The molecule has 9 aromatic rings. The van der Waals surface area contributed by atoms with Crippen molar-refractivity contribution < 1.29 is 77.9 Å². The molecule has 5 aliphatic heterocycles. The number of nitrogens with zero attached hydrogens (tertiary/aromatic N) is 9. The molecule has 6 N–H and O–H groups in total. The molecule has 3 atom stereocenters. The van der Waals surface area contributed by atoms with Crippen LogP contribution in [0, 0.1) is 12.8 Å². The van der Waals surface area contributed by atoms with E-state index in [1.807, 2.05) is 61.5 Å². The van der Waals surface area contributed by atoms with Gasteiger partial charge in [0.1, 0.15) is 52.0 Å². The van der Waals surface area contributed by atoms with Gasteiger partial charge < -0.3 is 75.0 Å². The molecule has 3 aromatic carbocycles. The molecule has 0 aliphatic carbocycles. The maximum Gasteiger partial charge on any atom is 0.433 e. The highest BCUT2D eigenvalue weighted by atomic mass is 19.4. The third-order valence-corrected chi connectivity index (χ3v) is 19.9. The first-order valence-electron chi connectivity index (χ1n) is 36.8. The van der Waals surface area contributed by atoms with Crippen molar-refractivity contribution in [2.24, 2.45) is 5.92 Å². The minimum absolute atomic E-state index is 0.0230. The number of anilines is 9. The Labute approximate surface area is 639 Å². The van der Waals surface area contributed by atoms with Crippen LogP contribution >= 0.6 is 0 Å². The predicted octanol–water partition coefficient (Wildman–Crippen LogP) is 13.5. The quantitative estimate of drug-likeness (QED) is 0.0217. The number of amides is 3. The summed E-state index contributed by atoms with van der Waals surface area (Å²) in [6.07, 6.45) is -8.17. The lowest BCUT2D eigenvalue weighted by molar-refractivity contribution is -0.142. The second-order valence-electron chi connectivity index (χ2n) is 27.6. The predicted molar refractivity (Wildman–Crippen MR) is 405 cm³/mol. The van der Waals surface area contributed by atoms with Gasteiger partial charge in [-0.15, -0.1) is 0 Å². The van der Waals surface area contributed by atoms with E-state index in [-0.39, 0.29) is 54.1 Å². The van der Waals surface area contributed by atoms with E-state index in [0.717, 1.165) is 52.7 Å². The molecular formula is C80H81F8N15O9. The van der Waals surface area contributed by atoms with Crippen LogP contribution in [0.15, 0.2) is 146 Å². The molecule has 5 aliphatic rings. The Morgan fingerprint density at radius 3 is 1.51 bits per heavy atom. The van der Waals surface area contributed by atoms with Crippen molar-refractivity contribution in [1.82, 2.24) is 29.9 Å². The van der Waals surface area contributed by atoms with Gasteiger partial charge in [0, 0.05) is 130 Å². The summed E-state index contributed by atoms with van der Waals surface area (Å²) < 4.78 is 147. The lowest BCUT2D eigenvalue weighted by Crippen LogP contribution is -2.37. The van der Waals surface area contributed by atoms with Crippen molar-refractivity contribution in [2.45, 2.75) is 63.7 Å². The molecule has 0 radical (unpaired) electrons. The molecule has 3 unspecified atom stereocenters. The Hall–Kier alpha value is -11.0. The highest BCUT2D eigenvalue weighted by Gasteiger charge is 2.36. The van der Waals surface area contributed by atoms with Crippen molar-refractivity contribution >= 4 is 69.7 Å². The van der Waals surface area contributed by atoms with Gasteiger partial charge in [0.15, 0.2) is 0 Å². The van der Waals surface area contributed by atoms with Crippen LogP contribution in [0.2, 0.25) is 0 Å². The number of carbonyl (C=O) groups excluding carboxylic acids is 3. The van der Waals surface area contributed by atoms with E-state index in [4.69, 9.17) is 43.4 Å². The lowest BCUT2D eigenvalue weighted by atomic mass is 9.93. The zero-order chi connectivity index (χ0) is 77.9. The number of carbonyl (C=O) groups is 3. The second-order valence-corrected chi connectivity index (χ2v) is 27.6. The average molecular weight is 1550 g/mol. The fourth-order valence-corrected chi connectivity index (χ4v) is 13.9. The minimum Gasteiger partial charge on any atom is -0.381 e. The number of morpholine rings is 3. The first-order chi connectivity index (χ1) is 54.2. The number of halogens is 8. The van der Waals surface area contributed by atoms with Crippen molar-refractivity contribution in [1.29, 1.82) is 0 Å². The third-order valence-electron chi connectivity index (χ3n) is 19.9. The number of nitrogens with one attached hydrogen (secondary N) is 6. The molecule has 24 nitrogen and oxygen atoms in total. The maximum absolute atomic E-state index is 13.9. The van der Waals surface area contributed by atoms with E-state index in [9.17, 15) is 49.5 Å². The largest absolute Gasteiger partial charge is 0.433 e. The summed E-state index contributed by atoms with van der Waals surface area (Å²) in [6, 6.07) is 33.3. The van der Waals surface area contributed by atoms with E-state index in [2.05, 4.69) is 61.6 Å². The zero-order valence-corrected chi connectivity index (χ0v) is 60.9. The number of benzene rings is 3. The van der Waals surface area contributed by atoms with Gasteiger partial charge in [-0.05, 0) is 179 Å². The second kappa shape index (κ2) is 35.1. The van der Waals surface area contributed by atoms with Gasteiger partial charge in [0.25, 0.3) is 24.1 Å². The van der Waals surface area contributed by atoms with E-state index in [1.165, 1.54) is 24.4 Å². The van der Waals surface area contributed by atoms with Crippen LogP contribution in [-0.4, -0.2) is 178 Å². The van der Waals surface area contributed by atoms with Gasteiger partial charge >= 0.3 is 12.4 Å². The summed E-state index contributed by atoms with van der Waals surface area (Å²) in [5, 5.41) is 19.2. The molecule has 0 spiro atoms. The van der Waals surface area contributed by atoms with Gasteiger partial charge in [-0.1, -0.05) is 18.2 Å². The number of hydrogen-bond acceptors (Lipinski definition) is 21. The number of aryl methyl sites for hydroxylation is 1. The molecule has 11 heterocycles. The van der Waals surface area contributed by atoms with Gasteiger partial charge in [-0.2, -0.15) is 26.3 Å². The Morgan fingerprint density at radius 2 is 0.982 bits per heavy atom. The molecule has 14 rings (SSSR count). The Morgan fingerprint density at radius 1 is 0.509 bits per heavy atom. The molecule has 5 fully saturated rings. The Balaban J connectivity index is 0.757. The number of pyridine rings is 6. The number of alkyl halides is 8. The van der Waals surface area contributed by atoms with Crippen molar-refractivity contribution in [3.63, 3.8) is 0 Å². The van der Waals surface area contributed by atoms with Crippen molar-refractivity contribution in [3.05, 3.63) is 196 Å². The number of rotatable bonds is 26. The molecule has 5 saturated heterocycles. The van der Waals surface area contributed by atoms with Crippen LogP contribution in [0.4, 0.5) is 87.1 Å². The summed E-state index contributed by atoms with van der Waals surface area (Å²) in [5.41, 5.74) is 4.14. The molecule has 32 heteroatoms. The highest BCUT2D eigenvalue weighted by molar-refractivity contribution is 6.06. The van der Waals surface area contributed by atoms with Crippen molar-refractivity contribution in [2.75, 3.05) is 165 Å².